The van der Waals surface area contributed by atoms with Crippen molar-refractivity contribution < 1.29 is 9.53 Å². The van der Waals surface area contributed by atoms with Gasteiger partial charge in [0.05, 0.1) is 18.6 Å². The topological polar surface area (TPSA) is 26.3 Å². The highest BCUT2D eigenvalue weighted by Gasteiger charge is 2.43. The van der Waals surface area contributed by atoms with Crippen molar-refractivity contribution in [3.63, 3.8) is 0 Å². The van der Waals surface area contributed by atoms with E-state index in [4.69, 9.17) is 11.2 Å². The molecule has 2 saturated heterocycles. The number of Topliss-reactive ketones (excluding diaryl/α,β-unsaturated/α-hetero) is 1. The largest absolute Gasteiger partial charge is 0.374 e. The molecule has 2 heteroatoms. The average Bonchev–Trinajstić information content (AvgIpc) is 2.64. The zero-order valence-electron chi connectivity index (χ0n) is 6.95. The van der Waals surface area contributed by atoms with Gasteiger partial charge in [0.15, 0.2) is 0 Å². The first-order valence-corrected chi connectivity index (χ1v) is 4.43. The molecule has 2 rings (SSSR count). The van der Waals surface area contributed by atoms with Crippen LogP contribution in [0.3, 0.4) is 0 Å². The Morgan fingerprint density at radius 1 is 1.58 bits per heavy atom. The summed E-state index contributed by atoms with van der Waals surface area (Å²) in [6, 6.07) is 0. The number of fused-ring (bicyclic) bond motifs is 2. The standard InChI is InChI=1S/C10H12O2/c1-2-3-9(11)8-6-7-4-5-10(8)12-7/h1,7-8,10H,3-6H2. The average molecular weight is 164 g/mol. The molecule has 2 heterocycles. The summed E-state index contributed by atoms with van der Waals surface area (Å²) in [5.74, 6) is 2.71. The van der Waals surface area contributed by atoms with Crippen LogP contribution in [0.1, 0.15) is 25.7 Å². The molecule has 12 heavy (non-hydrogen) atoms. The number of terminal acetylenes is 1. The second-order valence-electron chi connectivity index (χ2n) is 3.56. The molecule has 0 aliphatic carbocycles. The molecule has 2 aliphatic rings. The highest BCUT2D eigenvalue weighted by Crippen LogP contribution is 2.39. The molecule has 0 N–H and O–H groups in total. The Labute approximate surface area is 72.3 Å². The van der Waals surface area contributed by atoms with Gasteiger partial charge in [0.2, 0.25) is 0 Å². The molecule has 2 nitrogen and oxygen atoms in total. The number of ether oxygens (including phenoxy) is 1. The molecule has 64 valence electrons. The molecule has 0 aromatic carbocycles. The molecular weight excluding hydrogens is 152 g/mol. The van der Waals surface area contributed by atoms with Crippen LogP contribution >= 0.6 is 0 Å². The van der Waals surface area contributed by atoms with Crippen LogP contribution in [0, 0.1) is 18.3 Å². The van der Waals surface area contributed by atoms with Gasteiger partial charge in [-0.05, 0) is 19.3 Å². The van der Waals surface area contributed by atoms with Gasteiger partial charge >= 0.3 is 0 Å². The summed E-state index contributed by atoms with van der Waals surface area (Å²) >= 11 is 0. The minimum Gasteiger partial charge on any atom is -0.374 e. The second kappa shape index (κ2) is 2.91. The molecule has 0 amide bonds. The Morgan fingerprint density at radius 2 is 2.42 bits per heavy atom. The zero-order valence-corrected chi connectivity index (χ0v) is 6.95. The monoisotopic (exact) mass is 164 g/mol. The molecule has 0 saturated carbocycles. The number of ketones is 1. The van der Waals surface area contributed by atoms with Crippen LogP contribution < -0.4 is 0 Å². The quantitative estimate of drug-likeness (QED) is 0.572. The minimum absolute atomic E-state index is 0.111. The van der Waals surface area contributed by atoms with E-state index < -0.39 is 0 Å². The highest BCUT2D eigenvalue weighted by molar-refractivity contribution is 5.84. The maximum Gasteiger partial charge on any atom is 0.150 e. The van der Waals surface area contributed by atoms with Crippen LogP contribution in [0.5, 0.6) is 0 Å². The van der Waals surface area contributed by atoms with Crippen LogP contribution in [0.2, 0.25) is 0 Å². The number of carbonyl (C=O) groups is 1. The van der Waals surface area contributed by atoms with E-state index in [-0.39, 0.29) is 24.2 Å². The third kappa shape index (κ3) is 1.15. The van der Waals surface area contributed by atoms with E-state index in [0.29, 0.717) is 6.10 Å². The molecule has 2 aliphatic heterocycles. The van der Waals surface area contributed by atoms with Crippen LogP contribution in [0.4, 0.5) is 0 Å². The van der Waals surface area contributed by atoms with Crippen molar-refractivity contribution in [1.82, 2.24) is 0 Å². The van der Waals surface area contributed by atoms with Crippen LogP contribution in [0.25, 0.3) is 0 Å². The van der Waals surface area contributed by atoms with E-state index >= 15 is 0 Å². The van der Waals surface area contributed by atoms with Crippen molar-refractivity contribution in [3.8, 4) is 12.3 Å². The van der Waals surface area contributed by atoms with Crippen LogP contribution in [-0.2, 0) is 9.53 Å². The molecule has 0 radical (unpaired) electrons. The lowest BCUT2D eigenvalue weighted by Gasteiger charge is -2.15. The summed E-state index contributed by atoms with van der Waals surface area (Å²) in [5, 5.41) is 0. The fourth-order valence-corrected chi connectivity index (χ4v) is 2.21. The van der Waals surface area contributed by atoms with Crippen molar-refractivity contribution in [2.45, 2.75) is 37.9 Å². The summed E-state index contributed by atoms with van der Waals surface area (Å²) in [6.45, 7) is 0. The predicted octanol–water partition coefficient (Wildman–Crippen LogP) is 1.15. The Kier molecular flexibility index (Phi) is 1.90. The van der Waals surface area contributed by atoms with Gasteiger partial charge in [-0.25, -0.2) is 0 Å². The molecule has 0 spiro atoms. The Morgan fingerprint density at radius 3 is 2.92 bits per heavy atom. The lowest BCUT2D eigenvalue weighted by atomic mass is 9.85. The summed E-state index contributed by atoms with van der Waals surface area (Å²) in [4.78, 5) is 11.4. The summed E-state index contributed by atoms with van der Waals surface area (Å²) in [7, 11) is 0. The van der Waals surface area contributed by atoms with E-state index in [1.165, 1.54) is 0 Å². The molecule has 3 atom stereocenters. The molecule has 2 fully saturated rings. The summed E-state index contributed by atoms with van der Waals surface area (Å²) in [5.41, 5.74) is 0. The number of hydrogen-bond acceptors (Lipinski definition) is 2. The molecule has 3 unspecified atom stereocenters. The summed E-state index contributed by atoms with van der Waals surface area (Å²) < 4.78 is 5.56. The fourth-order valence-electron chi connectivity index (χ4n) is 2.21. The first kappa shape index (κ1) is 7.82. The van der Waals surface area contributed by atoms with Gasteiger partial charge in [-0.2, -0.15) is 0 Å². The lowest BCUT2D eigenvalue weighted by molar-refractivity contribution is -0.123. The van der Waals surface area contributed by atoms with Crippen molar-refractivity contribution in [1.29, 1.82) is 0 Å². The number of carbonyl (C=O) groups excluding carboxylic acids is 1. The number of hydrogen-bond donors (Lipinski definition) is 0. The van der Waals surface area contributed by atoms with Gasteiger partial charge in [0.1, 0.15) is 5.78 Å². The maximum atomic E-state index is 11.4. The zero-order chi connectivity index (χ0) is 8.55. The van der Waals surface area contributed by atoms with Gasteiger partial charge < -0.3 is 4.74 Å². The van der Waals surface area contributed by atoms with E-state index in [0.717, 1.165) is 19.3 Å². The van der Waals surface area contributed by atoms with E-state index in [2.05, 4.69) is 5.92 Å². The Bertz CT molecular complexity index is 239. The van der Waals surface area contributed by atoms with Gasteiger partial charge in [-0.15, -0.1) is 6.42 Å². The molecule has 2 bridgehead atoms. The highest BCUT2D eigenvalue weighted by atomic mass is 16.5. The van der Waals surface area contributed by atoms with Gasteiger partial charge in [-0.3, -0.25) is 4.79 Å². The molecule has 0 aromatic rings. The van der Waals surface area contributed by atoms with Gasteiger partial charge in [0.25, 0.3) is 0 Å². The van der Waals surface area contributed by atoms with E-state index in [9.17, 15) is 4.79 Å². The first-order valence-electron chi connectivity index (χ1n) is 4.43. The van der Waals surface area contributed by atoms with Crippen molar-refractivity contribution in [3.05, 3.63) is 0 Å². The van der Waals surface area contributed by atoms with Crippen molar-refractivity contribution in [2.75, 3.05) is 0 Å². The van der Waals surface area contributed by atoms with Crippen LogP contribution in [0.15, 0.2) is 0 Å². The van der Waals surface area contributed by atoms with Crippen molar-refractivity contribution in [2.24, 2.45) is 5.92 Å². The SMILES string of the molecule is C#CCC(=O)C1CC2CCC1O2. The second-order valence-corrected chi connectivity index (χ2v) is 3.56. The Hall–Kier alpha value is -0.810. The third-order valence-electron chi connectivity index (χ3n) is 2.80. The fraction of sp³-hybridized carbons (Fsp3) is 0.700. The summed E-state index contributed by atoms with van der Waals surface area (Å²) in [6.07, 6.45) is 8.98. The minimum atomic E-state index is 0.111. The van der Waals surface area contributed by atoms with Gasteiger partial charge in [-0.1, -0.05) is 5.92 Å². The third-order valence-corrected chi connectivity index (χ3v) is 2.80. The Balaban J connectivity index is 1.99. The lowest BCUT2D eigenvalue weighted by Crippen LogP contribution is -2.24. The van der Waals surface area contributed by atoms with Crippen LogP contribution in [-0.4, -0.2) is 18.0 Å². The first-order chi connectivity index (χ1) is 5.81. The molecular formula is C10H12O2. The predicted molar refractivity (Wildman–Crippen MR) is 44.5 cm³/mol. The normalized spacial score (nSPS) is 38.1. The van der Waals surface area contributed by atoms with E-state index in [1.807, 2.05) is 0 Å². The molecule has 0 aromatic heterocycles. The smallest absolute Gasteiger partial charge is 0.150 e. The maximum absolute atomic E-state index is 11.4. The van der Waals surface area contributed by atoms with Crippen molar-refractivity contribution >= 4 is 5.78 Å². The van der Waals surface area contributed by atoms with E-state index in [1.54, 1.807) is 0 Å². The number of rotatable bonds is 2. The van der Waals surface area contributed by atoms with Gasteiger partial charge in [0, 0.05) is 5.92 Å².